The SMILES string of the molecule is COC(=O)C1CCC(CS(=O)(=O)Cl)CC1.COC(=O)C1CCC(CSC(C)=O)CC1. The Hall–Kier alpha value is -0.800. The van der Waals surface area contributed by atoms with Gasteiger partial charge in [0.25, 0.3) is 0 Å². The first kappa shape index (κ1) is 27.2. The average Bonchev–Trinajstić information content (AvgIpc) is 2.71. The summed E-state index contributed by atoms with van der Waals surface area (Å²) >= 11 is 1.40. The molecule has 0 aromatic carbocycles. The van der Waals surface area contributed by atoms with E-state index in [0.29, 0.717) is 18.8 Å². The Morgan fingerprint density at radius 1 is 0.833 bits per heavy atom. The highest BCUT2D eigenvalue weighted by atomic mass is 35.7. The van der Waals surface area contributed by atoms with E-state index in [-0.39, 0.29) is 40.6 Å². The molecule has 0 bridgehead atoms. The van der Waals surface area contributed by atoms with Crippen LogP contribution in [0.5, 0.6) is 0 Å². The predicted octanol–water partition coefficient (Wildman–Crippen LogP) is 3.78. The van der Waals surface area contributed by atoms with Crippen LogP contribution in [0.2, 0.25) is 0 Å². The number of hydrogen-bond acceptors (Lipinski definition) is 8. The number of methoxy groups -OCH3 is 2. The Labute approximate surface area is 188 Å². The smallest absolute Gasteiger partial charge is 0.308 e. The molecule has 2 rings (SSSR count). The molecule has 2 fully saturated rings. The minimum atomic E-state index is -3.41. The molecule has 0 amide bonds. The molecule has 30 heavy (non-hydrogen) atoms. The third kappa shape index (κ3) is 11.0. The van der Waals surface area contributed by atoms with Gasteiger partial charge in [-0.1, -0.05) is 11.8 Å². The Bertz CT molecular complexity index is 665. The molecule has 0 radical (unpaired) electrons. The zero-order chi connectivity index (χ0) is 22.7. The molecular formula is C20H33ClO7S2. The molecule has 10 heteroatoms. The minimum absolute atomic E-state index is 0.0163. The third-order valence-corrected chi connectivity index (χ3v) is 8.01. The normalized spacial score (nSPS) is 26.7. The van der Waals surface area contributed by atoms with Gasteiger partial charge < -0.3 is 9.47 Å². The van der Waals surface area contributed by atoms with Crippen LogP contribution < -0.4 is 0 Å². The van der Waals surface area contributed by atoms with Crippen molar-refractivity contribution in [3.63, 3.8) is 0 Å². The molecule has 0 atom stereocenters. The fraction of sp³-hybridized carbons (Fsp3) is 0.850. The Morgan fingerprint density at radius 3 is 1.57 bits per heavy atom. The largest absolute Gasteiger partial charge is 0.469 e. The summed E-state index contributed by atoms with van der Waals surface area (Å²) in [5, 5.41) is 0.185. The van der Waals surface area contributed by atoms with E-state index in [9.17, 15) is 22.8 Å². The summed E-state index contributed by atoms with van der Waals surface area (Å²) in [5.74, 6) is 1.37. The van der Waals surface area contributed by atoms with Crippen molar-refractivity contribution < 1.29 is 32.3 Å². The van der Waals surface area contributed by atoms with Crippen molar-refractivity contribution >= 4 is 48.5 Å². The van der Waals surface area contributed by atoms with E-state index in [4.69, 9.17) is 15.4 Å². The topological polar surface area (TPSA) is 104 Å². The van der Waals surface area contributed by atoms with Gasteiger partial charge in [0.1, 0.15) is 0 Å². The van der Waals surface area contributed by atoms with Crippen LogP contribution in [0.3, 0.4) is 0 Å². The molecule has 174 valence electrons. The number of ether oxygens (including phenoxy) is 2. The van der Waals surface area contributed by atoms with Gasteiger partial charge in [0.15, 0.2) is 5.12 Å². The first-order chi connectivity index (χ1) is 14.1. The second kappa shape index (κ2) is 13.6. The van der Waals surface area contributed by atoms with E-state index in [0.717, 1.165) is 44.3 Å². The fourth-order valence-corrected chi connectivity index (χ4v) is 6.21. The van der Waals surface area contributed by atoms with Crippen LogP contribution >= 0.6 is 22.4 Å². The van der Waals surface area contributed by atoms with Crippen molar-refractivity contribution in [2.45, 2.75) is 58.3 Å². The summed E-state index contributed by atoms with van der Waals surface area (Å²) in [7, 11) is 4.58. The number of carbonyl (C=O) groups is 3. The van der Waals surface area contributed by atoms with Crippen LogP contribution in [0.15, 0.2) is 0 Å². The highest BCUT2D eigenvalue weighted by Crippen LogP contribution is 2.32. The maximum absolute atomic E-state index is 11.3. The molecule has 0 aliphatic heterocycles. The van der Waals surface area contributed by atoms with E-state index in [1.807, 2.05) is 0 Å². The predicted molar refractivity (Wildman–Crippen MR) is 118 cm³/mol. The molecule has 0 N–H and O–H groups in total. The monoisotopic (exact) mass is 484 g/mol. The van der Waals surface area contributed by atoms with Crippen LogP contribution in [0.4, 0.5) is 0 Å². The van der Waals surface area contributed by atoms with Gasteiger partial charge in [-0.25, -0.2) is 8.42 Å². The zero-order valence-corrected chi connectivity index (χ0v) is 20.3. The van der Waals surface area contributed by atoms with E-state index in [2.05, 4.69) is 4.74 Å². The van der Waals surface area contributed by atoms with E-state index < -0.39 is 9.05 Å². The number of esters is 2. The molecule has 7 nitrogen and oxygen atoms in total. The Kier molecular flexibility index (Phi) is 12.3. The van der Waals surface area contributed by atoms with Crippen LogP contribution in [0, 0.1) is 23.7 Å². The standard InChI is InChI=1S/C11H18O3S.C9H15ClO4S/c1-8(12)15-7-9-3-5-10(6-4-9)11(13)14-2;1-14-9(11)8-4-2-7(3-5-8)6-15(10,12)13/h9-10H,3-7H2,1-2H3;7-8H,2-6H2,1H3. The fourth-order valence-electron chi connectivity index (χ4n) is 3.98. The molecule has 2 aliphatic rings. The number of hydrogen-bond donors (Lipinski definition) is 0. The highest BCUT2D eigenvalue weighted by Gasteiger charge is 2.29. The Morgan fingerprint density at radius 2 is 1.23 bits per heavy atom. The highest BCUT2D eigenvalue weighted by molar-refractivity contribution is 8.13. The molecule has 2 saturated carbocycles. The lowest BCUT2D eigenvalue weighted by Crippen LogP contribution is -2.25. The van der Waals surface area contributed by atoms with E-state index >= 15 is 0 Å². The van der Waals surface area contributed by atoms with Gasteiger partial charge in [-0.15, -0.1) is 0 Å². The summed E-state index contributed by atoms with van der Waals surface area (Å²) in [4.78, 5) is 33.2. The van der Waals surface area contributed by atoms with Crippen LogP contribution in [-0.2, 0) is 32.9 Å². The van der Waals surface area contributed by atoms with Gasteiger partial charge >= 0.3 is 11.9 Å². The first-order valence-electron chi connectivity index (χ1n) is 10.3. The molecule has 0 saturated heterocycles. The molecule has 0 spiro atoms. The summed E-state index contributed by atoms with van der Waals surface area (Å²) in [6, 6.07) is 0. The summed E-state index contributed by atoms with van der Waals surface area (Å²) in [6.07, 6.45) is 6.76. The molecule has 0 aromatic heterocycles. The minimum Gasteiger partial charge on any atom is -0.469 e. The maximum Gasteiger partial charge on any atom is 0.308 e. The van der Waals surface area contributed by atoms with Crippen molar-refractivity contribution in [3.05, 3.63) is 0 Å². The second-order valence-electron chi connectivity index (χ2n) is 7.99. The van der Waals surface area contributed by atoms with Crippen LogP contribution in [-0.4, -0.2) is 51.2 Å². The number of thioether (sulfide) groups is 1. The number of carbonyl (C=O) groups excluding carboxylic acids is 3. The van der Waals surface area contributed by atoms with Crippen molar-refractivity contribution in [3.8, 4) is 0 Å². The number of halogens is 1. The third-order valence-electron chi connectivity index (χ3n) is 5.72. The molecule has 2 aliphatic carbocycles. The van der Waals surface area contributed by atoms with Gasteiger partial charge in [-0.3, -0.25) is 14.4 Å². The van der Waals surface area contributed by atoms with Crippen molar-refractivity contribution in [1.82, 2.24) is 0 Å². The molecular weight excluding hydrogens is 452 g/mol. The maximum atomic E-state index is 11.3. The van der Waals surface area contributed by atoms with E-state index in [1.54, 1.807) is 6.92 Å². The Balaban J connectivity index is 0.000000300. The molecule has 0 heterocycles. The first-order valence-corrected chi connectivity index (χ1v) is 13.7. The lowest BCUT2D eigenvalue weighted by Gasteiger charge is -2.26. The number of rotatable bonds is 6. The van der Waals surface area contributed by atoms with Crippen LogP contribution in [0.1, 0.15) is 58.3 Å². The van der Waals surface area contributed by atoms with E-state index in [1.165, 1.54) is 26.0 Å². The summed E-state index contributed by atoms with van der Waals surface area (Å²) < 4.78 is 31.1. The van der Waals surface area contributed by atoms with Gasteiger partial charge in [-0.2, -0.15) is 0 Å². The van der Waals surface area contributed by atoms with Gasteiger partial charge in [-0.05, 0) is 63.2 Å². The lowest BCUT2D eigenvalue weighted by molar-refractivity contribution is -0.147. The van der Waals surface area contributed by atoms with Crippen LogP contribution in [0.25, 0.3) is 0 Å². The molecule has 0 aromatic rings. The zero-order valence-electron chi connectivity index (χ0n) is 17.9. The van der Waals surface area contributed by atoms with Crippen molar-refractivity contribution in [1.29, 1.82) is 0 Å². The average molecular weight is 485 g/mol. The van der Waals surface area contributed by atoms with Crippen molar-refractivity contribution in [2.24, 2.45) is 23.7 Å². The quantitative estimate of drug-likeness (QED) is 0.414. The van der Waals surface area contributed by atoms with Gasteiger partial charge in [0.05, 0.1) is 31.8 Å². The summed E-state index contributed by atoms with van der Waals surface area (Å²) in [5.41, 5.74) is 0. The van der Waals surface area contributed by atoms with Crippen molar-refractivity contribution in [2.75, 3.05) is 25.7 Å². The van der Waals surface area contributed by atoms with Gasteiger partial charge in [0.2, 0.25) is 9.05 Å². The van der Waals surface area contributed by atoms with Gasteiger partial charge in [0, 0.05) is 23.4 Å². The lowest BCUT2D eigenvalue weighted by atomic mass is 9.83. The second-order valence-corrected chi connectivity index (χ2v) is 12.0. The molecule has 0 unspecified atom stereocenters. The summed E-state index contributed by atoms with van der Waals surface area (Å²) in [6.45, 7) is 1.60.